The number of carbonyl (C=O) groups excluding carboxylic acids is 1. The number of amides is 1. The van der Waals surface area contributed by atoms with Gasteiger partial charge in [0, 0.05) is 6.42 Å². The highest BCUT2D eigenvalue weighted by molar-refractivity contribution is 7.61. The maximum absolute atomic E-state index is 9.59. The van der Waals surface area contributed by atoms with Gasteiger partial charge in [-0.1, -0.05) is 11.4 Å². The summed E-state index contributed by atoms with van der Waals surface area (Å²) >= 11 is 0. The van der Waals surface area contributed by atoms with Crippen molar-refractivity contribution >= 4 is 16.4 Å². The van der Waals surface area contributed by atoms with Crippen molar-refractivity contribution in [1.82, 2.24) is 0 Å². The van der Waals surface area contributed by atoms with Gasteiger partial charge in [0.1, 0.15) is 0 Å². The highest BCUT2D eigenvalue weighted by Gasteiger charge is 1.77. The van der Waals surface area contributed by atoms with Crippen LogP contribution in [-0.4, -0.2) is 14.3 Å². The molecule has 0 rings (SSSR count). The van der Waals surface area contributed by atoms with Crippen LogP contribution in [0, 0.1) is 0 Å². The summed E-state index contributed by atoms with van der Waals surface area (Å²) < 4.78 is 20.5. The van der Waals surface area contributed by atoms with E-state index in [0.717, 1.165) is 0 Å². The monoisotopic (exact) mass is 167 g/mol. The van der Waals surface area contributed by atoms with Crippen LogP contribution >= 0.6 is 0 Å². The van der Waals surface area contributed by atoms with Crippen LogP contribution in [0.5, 0.6) is 0 Å². The minimum absolute atomic E-state index is 0.245. The number of nitrogens with two attached hydrogens (primary N) is 2. The molecule has 0 unspecified atom stereocenters. The fraction of sp³-hybridized carbons (Fsp3) is 0.667. The van der Waals surface area contributed by atoms with Crippen molar-refractivity contribution in [3.8, 4) is 0 Å². The topological polar surface area (TPSA) is 116 Å². The Hall–Kier alpha value is -0.950. The molecule has 0 aliphatic carbocycles. The third-order valence-electron chi connectivity index (χ3n) is 0.435. The van der Waals surface area contributed by atoms with Crippen molar-refractivity contribution in [3.05, 3.63) is 0 Å². The largest absolute Gasteiger partial charge is 0.370 e. The van der Waals surface area contributed by atoms with E-state index in [9.17, 15) is 4.79 Å². The Labute approximate surface area is 59.9 Å². The first-order valence-electron chi connectivity index (χ1n) is 2.33. The molecule has 6 nitrogen and oxygen atoms in total. The first kappa shape index (κ1) is 11.8. The first-order chi connectivity index (χ1) is 4.54. The molecule has 0 aromatic rings. The summed E-state index contributed by atoms with van der Waals surface area (Å²) in [5, 5.41) is 0. The lowest BCUT2D eigenvalue weighted by atomic mass is 10.5. The van der Waals surface area contributed by atoms with Crippen molar-refractivity contribution in [2.24, 2.45) is 16.0 Å². The SMILES string of the molecule is CCC(N)=O.NN=S(=O)=O. The minimum atomic E-state index is -2.42. The van der Waals surface area contributed by atoms with E-state index in [1.807, 2.05) is 0 Å². The quantitative estimate of drug-likeness (QED) is 0.377. The molecule has 0 saturated heterocycles. The summed E-state index contributed by atoms with van der Waals surface area (Å²) in [6.07, 6.45) is 0.444. The highest BCUT2D eigenvalue weighted by Crippen LogP contribution is 1.63. The molecule has 4 N–H and O–H groups in total. The van der Waals surface area contributed by atoms with Gasteiger partial charge in [-0.3, -0.25) is 4.79 Å². The molecule has 0 spiro atoms. The molecule has 0 saturated carbocycles. The molecule has 0 aromatic carbocycles. The molecule has 0 aromatic heterocycles. The zero-order valence-corrected chi connectivity index (χ0v) is 6.26. The molecule has 0 heterocycles. The predicted octanol–water partition coefficient (Wildman–Crippen LogP) is -1.20. The number of hydrogen-bond acceptors (Lipinski definition) is 4. The Kier molecular flexibility index (Phi) is 9.50. The van der Waals surface area contributed by atoms with Gasteiger partial charge in [0.25, 0.3) is 0 Å². The lowest BCUT2D eigenvalue weighted by molar-refractivity contribution is -0.117. The molecule has 0 atom stereocenters. The van der Waals surface area contributed by atoms with Crippen LogP contribution in [0.1, 0.15) is 13.3 Å². The smallest absolute Gasteiger partial charge is 0.327 e. The number of nitrogens with zero attached hydrogens (tertiary/aromatic N) is 1. The van der Waals surface area contributed by atoms with Crippen LogP contribution in [-0.2, 0) is 15.3 Å². The van der Waals surface area contributed by atoms with E-state index in [0.29, 0.717) is 6.42 Å². The van der Waals surface area contributed by atoms with E-state index in [2.05, 4.69) is 16.0 Å². The summed E-state index contributed by atoms with van der Waals surface area (Å²) in [6, 6.07) is 0. The molecule has 60 valence electrons. The zero-order valence-electron chi connectivity index (χ0n) is 5.44. The second-order valence-corrected chi connectivity index (χ2v) is 1.79. The summed E-state index contributed by atoms with van der Waals surface area (Å²) in [6.45, 7) is 1.72. The lowest BCUT2D eigenvalue weighted by Gasteiger charge is -1.73. The molecule has 0 aliphatic rings. The van der Waals surface area contributed by atoms with Gasteiger partial charge in [-0.15, -0.1) is 0 Å². The third kappa shape index (κ3) is 27.7. The molecule has 0 radical (unpaired) electrons. The Balaban J connectivity index is 0. The highest BCUT2D eigenvalue weighted by atomic mass is 32.2. The van der Waals surface area contributed by atoms with E-state index in [-0.39, 0.29) is 5.91 Å². The number of hydrogen-bond donors (Lipinski definition) is 2. The van der Waals surface area contributed by atoms with Gasteiger partial charge in [-0.2, -0.15) is 8.42 Å². The Bertz CT molecular complexity index is 199. The molecule has 10 heavy (non-hydrogen) atoms. The molecule has 0 aliphatic heterocycles. The fourth-order valence-corrected chi connectivity index (χ4v) is 0. The van der Waals surface area contributed by atoms with Crippen LogP contribution < -0.4 is 11.6 Å². The molecular formula is C3H9N3O3S. The van der Waals surface area contributed by atoms with Crippen molar-refractivity contribution in [2.45, 2.75) is 13.3 Å². The summed E-state index contributed by atoms with van der Waals surface area (Å²) in [5.74, 6) is 3.94. The van der Waals surface area contributed by atoms with Gasteiger partial charge >= 0.3 is 10.5 Å². The van der Waals surface area contributed by atoms with Crippen molar-refractivity contribution < 1.29 is 13.2 Å². The van der Waals surface area contributed by atoms with E-state index in [1.165, 1.54) is 0 Å². The standard InChI is InChI=1S/C3H7NO.H2N2O2S/c1-2-3(4)5;1-2-5(3)4/h2H2,1H3,(H2,4,5);1H2. The summed E-state index contributed by atoms with van der Waals surface area (Å²) in [7, 11) is -2.42. The minimum Gasteiger partial charge on any atom is -0.370 e. The van der Waals surface area contributed by atoms with Gasteiger partial charge in [-0.05, 0) is 0 Å². The summed E-state index contributed by atoms with van der Waals surface area (Å²) in [5.41, 5.74) is 4.65. The third-order valence-corrected chi connectivity index (χ3v) is 0.607. The van der Waals surface area contributed by atoms with Crippen molar-refractivity contribution in [2.75, 3.05) is 0 Å². The number of rotatable bonds is 1. The maximum Gasteiger partial charge on any atom is 0.327 e. The summed E-state index contributed by atoms with van der Waals surface area (Å²) in [4.78, 5) is 9.59. The molecular weight excluding hydrogens is 158 g/mol. The molecule has 1 amide bonds. The van der Waals surface area contributed by atoms with E-state index in [1.54, 1.807) is 6.92 Å². The van der Waals surface area contributed by atoms with Gasteiger partial charge in [-0.25, -0.2) is 5.84 Å². The lowest BCUT2D eigenvalue weighted by Crippen LogP contribution is -2.06. The fourth-order valence-electron chi connectivity index (χ4n) is 0. The van der Waals surface area contributed by atoms with Crippen LogP contribution in [0.2, 0.25) is 0 Å². The van der Waals surface area contributed by atoms with Gasteiger partial charge in [0.05, 0.1) is 0 Å². The van der Waals surface area contributed by atoms with E-state index >= 15 is 0 Å². The Morgan fingerprint density at radius 3 is 1.80 bits per heavy atom. The van der Waals surface area contributed by atoms with Crippen LogP contribution in [0.25, 0.3) is 0 Å². The number of carbonyl (C=O) groups is 1. The van der Waals surface area contributed by atoms with Crippen molar-refractivity contribution in [3.63, 3.8) is 0 Å². The van der Waals surface area contributed by atoms with E-state index < -0.39 is 10.5 Å². The average Bonchev–Trinajstić information content (AvgIpc) is 1.89. The van der Waals surface area contributed by atoms with Crippen LogP contribution in [0.4, 0.5) is 0 Å². The maximum atomic E-state index is 9.59. The van der Waals surface area contributed by atoms with Crippen molar-refractivity contribution in [1.29, 1.82) is 0 Å². The Morgan fingerprint density at radius 2 is 1.80 bits per heavy atom. The van der Waals surface area contributed by atoms with Crippen LogP contribution in [0.3, 0.4) is 0 Å². The molecule has 0 fully saturated rings. The Morgan fingerprint density at radius 1 is 1.60 bits per heavy atom. The molecule has 7 heteroatoms. The number of primary amides is 1. The van der Waals surface area contributed by atoms with Gasteiger partial charge < -0.3 is 5.73 Å². The van der Waals surface area contributed by atoms with E-state index in [4.69, 9.17) is 8.42 Å². The average molecular weight is 167 g/mol. The van der Waals surface area contributed by atoms with Crippen LogP contribution in [0.15, 0.2) is 4.47 Å². The molecule has 0 bridgehead atoms. The van der Waals surface area contributed by atoms with Gasteiger partial charge in [0.15, 0.2) is 0 Å². The first-order valence-corrected chi connectivity index (χ1v) is 3.36. The normalized spacial score (nSPS) is 7.00. The zero-order chi connectivity index (χ0) is 8.57. The van der Waals surface area contributed by atoms with Gasteiger partial charge in [0.2, 0.25) is 5.91 Å². The second kappa shape index (κ2) is 8.05. The second-order valence-electron chi connectivity index (χ2n) is 1.14. The predicted molar refractivity (Wildman–Crippen MR) is 35.0 cm³/mol.